The van der Waals surface area contributed by atoms with Crippen molar-refractivity contribution in [1.82, 2.24) is 9.97 Å². The lowest BCUT2D eigenvalue weighted by Gasteiger charge is -2.37. The Bertz CT molecular complexity index is 1830. The normalized spacial score (nSPS) is 23.7. The number of carbonyl (C=O) groups excluding carboxylic acids is 1. The zero-order valence-corrected chi connectivity index (χ0v) is 30.7. The number of aromatic amines is 2. The van der Waals surface area contributed by atoms with Gasteiger partial charge in [-0.15, -0.1) is 0 Å². The number of ether oxygens (including phenoxy) is 1. The molecule has 3 aliphatic rings. The van der Waals surface area contributed by atoms with Crippen LogP contribution in [0.3, 0.4) is 0 Å². The van der Waals surface area contributed by atoms with E-state index >= 15 is 0 Å². The molecule has 0 unspecified atom stereocenters. The molecule has 0 radical (unpaired) electrons. The lowest BCUT2D eigenvalue weighted by atomic mass is 9.75. The summed E-state index contributed by atoms with van der Waals surface area (Å²) in [4.78, 5) is 29.3. The average molecular weight is 637 g/mol. The molecular formula is C41H56N4O2. The van der Waals surface area contributed by atoms with Crippen LogP contribution < -0.4 is 10.7 Å². The summed E-state index contributed by atoms with van der Waals surface area (Å²) in [6.07, 6.45) is 13.9. The van der Waals surface area contributed by atoms with Gasteiger partial charge in [0.2, 0.25) is 5.90 Å². The van der Waals surface area contributed by atoms with Gasteiger partial charge in [-0.2, -0.15) is 0 Å². The van der Waals surface area contributed by atoms with Crippen molar-refractivity contribution in [1.29, 1.82) is 0 Å². The number of amides is 1. The van der Waals surface area contributed by atoms with Gasteiger partial charge in [0.15, 0.2) is 0 Å². The fourth-order valence-corrected chi connectivity index (χ4v) is 8.03. The third kappa shape index (κ3) is 6.71. The zero-order chi connectivity index (χ0) is 34.2. The molecule has 0 aromatic carbocycles. The number of carbonyl (C=O) groups is 1. The molecule has 6 nitrogen and oxygen atoms in total. The number of rotatable bonds is 9. The molecule has 2 aliphatic heterocycles. The first kappa shape index (κ1) is 34.7. The van der Waals surface area contributed by atoms with E-state index in [1.54, 1.807) is 0 Å². The quantitative estimate of drug-likeness (QED) is 0.290. The monoisotopic (exact) mass is 636 g/mol. The first-order valence-electron chi connectivity index (χ1n) is 18.0. The molecule has 6 heteroatoms. The summed E-state index contributed by atoms with van der Waals surface area (Å²) in [5, 5.41) is 2.10. The number of aromatic nitrogens is 2. The van der Waals surface area contributed by atoms with Crippen LogP contribution in [-0.2, 0) is 22.4 Å². The summed E-state index contributed by atoms with van der Waals surface area (Å²) in [7, 11) is 0. The number of allylic oxidation sites excluding steroid dienone is 2. The summed E-state index contributed by atoms with van der Waals surface area (Å²) < 4.78 is 6.78. The van der Waals surface area contributed by atoms with Crippen LogP contribution in [0.2, 0.25) is 0 Å². The number of hydrogen-bond donors (Lipinski definition) is 2. The Labute approximate surface area is 282 Å². The maximum absolute atomic E-state index is 12.3. The zero-order valence-electron chi connectivity index (χ0n) is 30.7. The first-order chi connectivity index (χ1) is 22.4. The minimum absolute atomic E-state index is 0.124. The van der Waals surface area contributed by atoms with Gasteiger partial charge in [0, 0.05) is 33.2 Å². The third-order valence-corrected chi connectivity index (χ3v) is 11.0. The highest BCUT2D eigenvalue weighted by atomic mass is 16.5. The molecule has 1 saturated carbocycles. The van der Waals surface area contributed by atoms with Crippen molar-refractivity contribution < 1.29 is 9.53 Å². The van der Waals surface area contributed by atoms with Crippen molar-refractivity contribution in [3.8, 4) is 0 Å². The minimum Gasteiger partial charge on any atom is -0.474 e. The minimum atomic E-state index is -0.124. The van der Waals surface area contributed by atoms with E-state index in [0.717, 1.165) is 82.6 Å². The Balaban J connectivity index is 1.53. The van der Waals surface area contributed by atoms with Crippen molar-refractivity contribution in [2.75, 3.05) is 0 Å². The Hall–Kier alpha value is -3.67. The van der Waals surface area contributed by atoms with Gasteiger partial charge in [0.1, 0.15) is 6.10 Å². The Morgan fingerprint density at radius 3 is 2.13 bits per heavy atom. The Kier molecular flexibility index (Phi) is 10.5. The molecule has 0 saturated heterocycles. The summed E-state index contributed by atoms with van der Waals surface area (Å²) in [6, 6.07) is 0. The van der Waals surface area contributed by atoms with Crippen molar-refractivity contribution in [2.45, 2.75) is 127 Å². The van der Waals surface area contributed by atoms with Crippen LogP contribution in [-0.4, -0.2) is 33.6 Å². The van der Waals surface area contributed by atoms with Crippen molar-refractivity contribution in [3.63, 3.8) is 0 Å². The predicted octanol–water partition coefficient (Wildman–Crippen LogP) is 8.36. The highest BCUT2D eigenvalue weighted by molar-refractivity contribution is 6.30. The van der Waals surface area contributed by atoms with E-state index < -0.39 is 0 Å². The van der Waals surface area contributed by atoms with E-state index in [1.165, 1.54) is 46.2 Å². The standard InChI is InChI=1S/C41H56N4O2/c1-12-28-24(8)33(19-37-30(14-3)26(10)40(46)44-37)42-35(28)21-36-29(13-2)25(9)34(43-36)20-38-31(15-4)27(11)41(45-38)47-39-18-23(7)16-17-32(39)22(5)6/h19-23,32,39,42-43H,12-18H2,1-11H3/b33-19-,35-21-,38-20-/t23-,32+,39-/m1/s1. The predicted molar refractivity (Wildman–Crippen MR) is 197 cm³/mol. The van der Waals surface area contributed by atoms with Gasteiger partial charge in [-0.25, -0.2) is 9.98 Å². The van der Waals surface area contributed by atoms with E-state index in [4.69, 9.17) is 9.73 Å². The highest BCUT2D eigenvalue weighted by Crippen LogP contribution is 2.38. The second-order valence-electron chi connectivity index (χ2n) is 14.3. The second-order valence-corrected chi connectivity index (χ2v) is 14.3. The number of hydrogen-bond acceptors (Lipinski definition) is 3. The lowest BCUT2D eigenvalue weighted by Crippen LogP contribution is -2.35. The molecule has 0 spiro atoms. The molecule has 2 aromatic heterocycles. The van der Waals surface area contributed by atoms with E-state index in [0.29, 0.717) is 17.8 Å². The summed E-state index contributed by atoms with van der Waals surface area (Å²) in [5.74, 6) is 2.55. The molecule has 252 valence electrons. The Morgan fingerprint density at radius 1 is 0.787 bits per heavy atom. The van der Waals surface area contributed by atoms with E-state index in [1.807, 2.05) is 13.0 Å². The van der Waals surface area contributed by atoms with Crippen molar-refractivity contribution in [3.05, 3.63) is 72.3 Å². The molecular weight excluding hydrogens is 580 g/mol. The van der Waals surface area contributed by atoms with Crippen molar-refractivity contribution in [2.24, 2.45) is 27.7 Å². The van der Waals surface area contributed by atoms with Crippen LogP contribution in [0.25, 0.3) is 18.2 Å². The van der Waals surface area contributed by atoms with Crippen LogP contribution >= 0.6 is 0 Å². The molecule has 2 aromatic rings. The summed E-state index contributed by atoms with van der Waals surface area (Å²) in [6.45, 7) is 24.1. The van der Waals surface area contributed by atoms with Crippen molar-refractivity contribution >= 4 is 35.7 Å². The Morgan fingerprint density at radius 2 is 1.49 bits per heavy atom. The van der Waals surface area contributed by atoms with E-state index in [2.05, 4.69) is 96.3 Å². The maximum Gasteiger partial charge on any atom is 0.273 e. The van der Waals surface area contributed by atoms with Crippen LogP contribution in [0.15, 0.2) is 38.0 Å². The van der Waals surface area contributed by atoms with Crippen LogP contribution in [0.4, 0.5) is 0 Å². The van der Waals surface area contributed by atoms with Crippen LogP contribution in [0, 0.1) is 31.6 Å². The SMILES string of the molecule is CCC1=C(C)C(=O)N=C1/C=c1\[nH]/c(=C\c2[nH]c(/C=C3\N=C(O[C@@H]4C[C@H](C)CC[C@H]4C(C)C)C(C)=C3CC)c(C)c2CC)c(CC)c1C. The molecule has 0 bridgehead atoms. The molecule has 5 rings (SSSR count). The molecule has 1 amide bonds. The average Bonchev–Trinajstić information content (AvgIpc) is 3.69. The highest BCUT2D eigenvalue weighted by Gasteiger charge is 2.34. The smallest absolute Gasteiger partial charge is 0.273 e. The van der Waals surface area contributed by atoms with Gasteiger partial charge in [0.25, 0.3) is 5.91 Å². The van der Waals surface area contributed by atoms with Crippen LogP contribution in [0.1, 0.15) is 128 Å². The molecule has 3 atom stereocenters. The van der Waals surface area contributed by atoms with Gasteiger partial charge in [0.05, 0.1) is 11.4 Å². The molecule has 4 heterocycles. The molecule has 1 fully saturated rings. The third-order valence-electron chi connectivity index (χ3n) is 11.0. The van der Waals surface area contributed by atoms with Gasteiger partial charge in [-0.3, -0.25) is 4.79 Å². The summed E-state index contributed by atoms with van der Waals surface area (Å²) in [5.41, 5.74) is 13.3. The molecule has 1 aliphatic carbocycles. The topological polar surface area (TPSA) is 82.6 Å². The van der Waals surface area contributed by atoms with Gasteiger partial charge >= 0.3 is 0 Å². The van der Waals surface area contributed by atoms with E-state index in [9.17, 15) is 4.79 Å². The van der Waals surface area contributed by atoms with Crippen LogP contribution in [0.5, 0.6) is 0 Å². The maximum atomic E-state index is 12.3. The molecule has 47 heavy (non-hydrogen) atoms. The first-order valence-corrected chi connectivity index (χ1v) is 18.0. The fourth-order valence-electron chi connectivity index (χ4n) is 8.03. The lowest BCUT2D eigenvalue weighted by molar-refractivity contribution is -0.114. The number of aliphatic imine (C=N–C) groups is 2. The largest absolute Gasteiger partial charge is 0.474 e. The number of nitrogens with one attached hydrogen (secondary N) is 2. The second kappa shape index (κ2) is 14.2. The fraction of sp³-hybridized carbons (Fsp3) is 0.537. The molecule has 2 N–H and O–H groups in total. The number of H-pyrrole nitrogens is 2. The number of nitrogens with zero attached hydrogens (tertiary/aromatic N) is 2. The van der Waals surface area contributed by atoms with E-state index in [-0.39, 0.29) is 12.0 Å². The van der Waals surface area contributed by atoms with Gasteiger partial charge in [-0.1, -0.05) is 54.9 Å². The van der Waals surface area contributed by atoms with Gasteiger partial charge < -0.3 is 14.7 Å². The summed E-state index contributed by atoms with van der Waals surface area (Å²) >= 11 is 0. The van der Waals surface area contributed by atoms with Gasteiger partial charge in [-0.05, 0) is 136 Å².